The number of Topliss-reactive ketones (excluding diaryl/α,β-unsaturated/α-hetero) is 1. The maximum absolute atomic E-state index is 12.2. The third-order valence-corrected chi connectivity index (χ3v) is 5.47. The Labute approximate surface area is 147 Å². The van der Waals surface area contributed by atoms with Crippen LogP contribution in [0.15, 0.2) is 11.0 Å². The minimum Gasteiger partial charge on any atom is -0.313 e. The van der Waals surface area contributed by atoms with Crippen LogP contribution in [0.2, 0.25) is 0 Å². The third-order valence-electron chi connectivity index (χ3n) is 3.61. The molecule has 0 fully saturated rings. The van der Waals surface area contributed by atoms with Crippen LogP contribution < -0.4 is 14.8 Å². The van der Waals surface area contributed by atoms with Crippen LogP contribution in [0.3, 0.4) is 0 Å². The second-order valence-electron chi connectivity index (χ2n) is 6.76. The predicted molar refractivity (Wildman–Crippen MR) is 99.2 cm³/mol. The topological polar surface area (TPSA) is 67.2 Å². The molecule has 0 aliphatic heterocycles. The molecule has 0 spiro atoms. The lowest BCUT2D eigenvalue weighted by Gasteiger charge is -2.12. The third kappa shape index (κ3) is 3.14. The molecule has 126 valence electrons. The predicted octanol–water partition coefficient (Wildman–Crippen LogP) is 1.99. The van der Waals surface area contributed by atoms with E-state index in [1.807, 2.05) is 51.3 Å². The van der Waals surface area contributed by atoms with E-state index in [1.54, 1.807) is 11.3 Å². The molecular formula is C17H19N3O2S2. The van der Waals surface area contributed by atoms with E-state index in [-0.39, 0.29) is 11.3 Å². The number of nitrogens with one attached hydrogen (secondary N) is 1. The fourth-order valence-electron chi connectivity index (χ4n) is 2.24. The van der Waals surface area contributed by atoms with Crippen molar-refractivity contribution in [2.24, 2.45) is 5.41 Å². The van der Waals surface area contributed by atoms with E-state index in [2.05, 4.69) is 9.97 Å². The lowest BCUT2D eigenvalue weighted by Crippen LogP contribution is -2.22. The lowest BCUT2D eigenvalue weighted by molar-refractivity contribution is -0.119. The van der Waals surface area contributed by atoms with Gasteiger partial charge in [-0.15, -0.1) is 22.7 Å². The largest absolute Gasteiger partial charge is 0.313 e. The van der Waals surface area contributed by atoms with Gasteiger partial charge in [0.05, 0.1) is 20.6 Å². The van der Waals surface area contributed by atoms with Gasteiger partial charge in [-0.25, -0.2) is 4.98 Å². The van der Waals surface area contributed by atoms with E-state index >= 15 is 0 Å². The van der Waals surface area contributed by atoms with Gasteiger partial charge in [0.1, 0.15) is 0 Å². The molecule has 24 heavy (non-hydrogen) atoms. The summed E-state index contributed by atoms with van der Waals surface area (Å²) in [6.07, 6.45) is 5.37. The minimum absolute atomic E-state index is 0.0112. The molecule has 0 bridgehead atoms. The Kier molecular flexibility index (Phi) is 4.09. The van der Waals surface area contributed by atoms with E-state index < -0.39 is 5.41 Å². The Balaban J connectivity index is 2.15. The highest BCUT2D eigenvalue weighted by Gasteiger charge is 2.18. The molecule has 0 unspecified atom stereocenters. The van der Waals surface area contributed by atoms with Gasteiger partial charge in [-0.3, -0.25) is 14.0 Å². The monoisotopic (exact) mass is 361 g/mol. The lowest BCUT2D eigenvalue weighted by atomic mass is 9.91. The van der Waals surface area contributed by atoms with Crippen molar-refractivity contribution in [3.63, 3.8) is 0 Å². The molecule has 0 aromatic carbocycles. The number of rotatable bonds is 2. The molecule has 0 saturated heterocycles. The molecule has 3 aromatic rings. The standard InChI is InChI=1S/C17H19N3O2S2/c1-9-8-20-11(10(2)18-16(20)23-9)6-12-15(22)19-14(24-12)7-13(21)17(3,4)5/h6-8H,1-5H3,(H,19,22)/b12-6-,14-7-. The van der Waals surface area contributed by atoms with Crippen molar-refractivity contribution >= 4 is 45.6 Å². The Hall–Kier alpha value is -1.99. The van der Waals surface area contributed by atoms with Crippen molar-refractivity contribution in [3.05, 3.63) is 42.0 Å². The number of nitrogens with zero attached hydrogens (tertiary/aromatic N) is 2. The fraction of sp³-hybridized carbons (Fsp3) is 0.353. The summed E-state index contributed by atoms with van der Waals surface area (Å²) in [5, 5.41) is 0. The molecule has 5 nitrogen and oxygen atoms in total. The molecule has 0 saturated carbocycles. The number of ketones is 1. The van der Waals surface area contributed by atoms with Crippen LogP contribution in [0.25, 0.3) is 17.1 Å². The summed E-state index contributed by atoms with van der Waals surface area (Å²) in [5.41, 5.74) is 1.13. The summed E-state index contributed by atoms with van der Waals surface area (Å²) >= 11 is 2.91. The Morgan fingerprint density at radius 3 is 2.67 bits per heavy atom. The van der Waals surface area contributed by atoms with Gasteiger partial charge in [0.2, 0.25) is 0 Å². The van der Waals surface area contributed by atoms with Crippen LogP contribution >= 0.6 is 22.7 Å². The van der Waals surface area contributed by atoms with Gasteiger partial charge in [-0.2, -0.15) is 0 Å². The maximum Gasteiger partial charge on any atom is 0.266 e. The summed E-state index contributed by atoms with van der Waals surface area (Å²) in [5.74, 6) is -0.0112. The summed E-state index contributed by atoms with van der Waals surface area (Å²) in [7, 11) is 0. The summed E-state index contributed by atoms with van der Waals surface area (Å²) in [4.78, 5) is 33.7. The zero-order valence-electron chi connectivity index (χ0n) is 14.3. The van der Waals surface area contributed by atoms with Crippen molar-refractivity contribution < 1.29 is 4.79 Å². The average molecular weight is 361 g/mol. The number of fused-ring (bicyclic) bond motifs is 1. The second-order valence-corrected chi connectivity index (χ2v) is 9.06. The number of hydrogen-bond donors (Lipinski definition) is 1. The zero-order chi connectivity index (χ0) is 17.6. The van der Waals surface area contributed by atoms with Crippen LogP contribution in [0.4, 0.5) is 0 Å². The number of carbonyl (C=O) groups excluding carboxylic acids is 1. The average Bonchev–Trinajstić information content (AvgIpc) is 3.05. The highest BCUT2D eigenvalue weighted by atomic mass is 32.1. The maximum atomic E-state index is 12.2. The SMILES string of the molecule is Cc1cn2c(/C=c3\s/c(=C\C(=O)C(C)(C)C)[nH]c3=O)c(C)nc2s1. The summed E-state index contributed by atoms with van der Waals surface area (Å²) in [6.45, 7) is 9.53. The molecule has 3 rings (SSSR count). The van der Waals surface area contributed by atoms with Crippen LogP contribution in [0.5, 0.6) is 0 Å². The van der Waals surface area contributed by atoms with Crippen LogP contribution in [0, 0.1) is 19.3 Å². The highest BCUT2D eigenvalue weighted by Crippen LogP contribution is 2.21. The number of H-pyrrole nitrogens is 1. The summed E-state index contributed by atoms with van der Waals surface area (Å²) in [6, 6.07) is 0. The van der Waals surface area contributed by atoms with Gasteiger partial charge in [0.15, 0.2) is 10.7 Å². The van der Waals surface area contributed by atoms with Crippen molar-refractivity contribution in [2.75, 3.05) is 0 Å². The van der Waals surface area contributed by atoms with E-state index in [4.69, 9.17) is 0 Å². The molecule has 3 heterocycles. The van der Waals surface area contributed by atoms with Gasteiger partial charge in [0, 0.05) is 22.6 Å². The van der Waals surface area contributed by atoms with E-state index in [1.165, 1.54) is 17.4 Å². The highest BCUT2D eigenvalue weighted by molar-refractivity contribution is 7.17. The van der Waals surface area contributed by atoms with Gasteiger partial charge < -0.3 is 4.98 Å². The molecule has 0 amide bonds. The Bertz CT molecular complexity index is 1100. The first-order chi connectivity index (χ1) is 11.1. The zero-order valence-corrected chi connectivity index (χ0v) is 15.9. The van der Waals surface area contributed by atoms with Crippen molar-refractivity contribution in [1.82, 2.24) is 14.4 Å². The molecular weight excluding hydrogens is 342 g/mol. The molecule has 0 atom stereocenters. The number of hydrogen-bond acceptors (Lipinski definition) is 5. The van der Waals surface area contributed by atoms with Crippen molar-refractivity contribution in [3.8, 4) is 0 Å². The van der Waals surface area contributed by atoms with E-state index in [0.29, 0.717) is 9.20 Å². The Morgan fingerprint density at radius 1 is 1.29 bits per heavy atom. The molecule has 0 aliphatic rings. The summed E-state index contributed by atoms with van der Waals surface area (Å²) < 4.78 is 3.14. The molecule has 0 radical (unpaired) electrons. The molecule has 1 N–H and O–H groups in total. The number of aryl methyl sites for hydroxylation is 2. The number of aromatic amines is 1. The minimum atomic E-state index is -0.465. The quantitative estimate of drug-likeness (QED) is 0.759. The van der Waals surface area contributed by atoms with Crippen molar-refractivity contribution in [2.45, 2.75) is 34.6 Å². The van der Waals surface area contributed by atoms with E-state index in [0.717, 1.165) is 21.2 Å². The molecule has 7 heteroatoms. The van der Waals surface area contributed by atoms with Gasteiger partial charge >= 0.3 is 0 Å². The smallest absolute Gasteiger partial charge is 0.266 e. The molecule has 0 aliphatic carbocycles. The van der Waals surface area contributed by atoms with Crippen LogP contribution in [-0.2, 0) is 4.79 Å². The first-order valence-corrected chi connectivity index (χ1v) is 9.20. The van der Waals surface area contributed by atoms with Crippen molar-refractivity contribution in [1.29, 1.82) is 0 Å². The number of imidazole rings is 1. The first-order valence-electron chi connectivity index (χ1n) is 7.57. The number of thiazole rings is 2. The van der Waals surface area contributed by atoms with Crippen LogP contribution in [-0.4, -0.2) is 20.2 Å². The van der Waals surface area contributed by atoms with Gasteiger partial charge in [0.25, 0.3) is 5.56 Å². The second kappa shape index (κ2) is 5.82. The van der Waals surface area contributed by atoms with Gasteiger partial charge in [-0.05, 0) is 19.9 Å². The number of carbonyl (C=O) groups is 1. The van der Waals surface area contributed by atoms with Crippen LogP contribution in [0.1, 0.15) is 37.0 Å². The van der Waals surface area contributed by atoms with E-state index in [9.17, 15) is 9.59 Å². The first kappa shape index (κ1) is 16.9. The fourth-order valence-corrected chi connectivity index (χ4v) is 3.98. The Morgan fingerprint density at radius 2 is 2.00 bits per heavy atom. The molecule has 3 aromatic heterocycles. The normalized spacial score (nSPS) is 14.0. The number of aromatic nitrogens is 3. The van der Waals surface area contributed by atoms with Gasteiger partial charge in [-0.1, -0.05) is 20.8 Å².